The molecule has 0 radical (unpaired) electrons. The summed E-state index contributed by atoms with van der Waals surface area (Å²) in [4.78, 5) is 28.1. The van der Waals surface area contributed by atoms with Gasteiger partial charge in [0.1, 0.15) is 0 Å². The van der Waals surface area contributed by atoms with Crippen molar-refractivity contribution in [3.63, 3.8) is 0 Å². The molecule has 0 fully saturated rings. The highest BCUT2D eigenvalue weighted by Gasteiger charge is 2.22. The molecule has 2 aromatic carbocycles. The van der Waals surface area contributed by atoms with Crippen LogP contribution in [0, 0.1) is 0 Å². The van der Waals surface area contributed by atoms with Crippen molar-refractivity contribution in [1.29, 1.82) is 0 Å². The number of ether oxygens (including phenoxy) is 1. The molecule has 0 spiro atoms. The minimum atomic E-state index is -1.35. The number of carbonyl (C=O) groups is 2. The Balaban J connectivity index is 2.20. The highest BCUT2D eigenvalue weighted by Crippen LogP contribution is 2.33. The van der Waals surface area contributed by atoms with Gasteiger partial charge in [-0.1, -0.05) is 36.4 Å². The first kappa shape index (κ1) is 16.3. The van der Waals surface area contributed by atoms with Crippen LogP contribution in [-0.2, 0) is 14.3 Å². The topological polar surface area (TPSA) is 82.6 Å². The van der Waals surface area contributed by atoms with Gasteiger partial charge in [0.25, 0.3) is 0 Å². The van der Waals surface area contributed by atoms with Crippen LogP contribution >= 0.6 is 0 Å². The second-order valence-electron chi connectivity index (χ2n) is 5.26. The molecular weight excluding hydrogens is 320 g/mol. The molecule has 0 saturated heterocycles. The summed E-state index contributed by atoms with van der Waals surface area (Å²) in [7, 11) is 1.15. The van der Waals surface area contributed by atoms with E-state index in [1.807, 2.05) is 54.6 Å². The molecule has 0 bridgehead atoms. The van der Waals surface area contributed by atoms with Crippen molar-refractivity contribution in [2.24, 2.45) is 0 Å². The second kappa shape index (κ2) is 6.92. The number of anilines is 2. The highest BCUT2D eigenvalue weighted by molar-refractivity contribution is 6.14. The molecular formula is C19H16N2O4. The van der Waals surface area contributed by atoms with Gasteiger partial charge in [-0.3, -0.25) is 0 Å². The lowest BCUT2D eigenvalue weighted by molar-refractivity contribution is -0.142. The first-order valence-corrected chi connectivity index (χ1v) is 7.55. The van der Waals surface area contributed by atoms with Gasteiger partial charge in [0.2, 0.25) is 0 Å². The predicted octanol–water partition coefficient (Wildman–Crippen LogP) is 3.45. The standard InChI is InChI=1S/C19H16N2O4/c1-25-19(24)15(18(22)23)12-21(13-7-3-2-4-8-13)17-11-20-16-10-6-5-9-14(16)17/h2-12,20H,1H3,(H,22,23)/b15-12+. The smallest absolute Gasteiger partial charge is 0.346 e. The average Bonchev–Trinajstić information content (AvgIpc) is 3.06. The molecule has 0 amide bonds. The third-order valence-electron chi connectivity index (χ3n) is 3.76. The number of carbonyl (C=O) groups excluding carboxylic acids is 1. The van der Waals surface area contributed by atoms with E-state index in [0.29, 0.717) is 0 Å². The van der Waals surface area contributed by atoms with Gasteiger partial charge in [0.15, 0.2) is 5.57 Å². The third-order valence-corrected chi connectivity index (χ3v) is 3.76. The molecule has 0 aliphatic rings. The summed E-state index contributed by atoms with van der Waals surface area (Å²) >= 11 is 0. The van der Waals surface area contributed by atoms with Gasteiger partial charge in [-0.05, 0) is 18.2 Å². The van der Waals surface area contributed by atoms with Gasteiger partial charge in [0, 0.05) is 29.0 Å². The van der Waals surface area contributed by atoms with E-state index >= 15 is 0 Å². The minimum Gasteiger partial charge on any atom is -0.477 e. The molecule has 126 valence electrons. The first-order valence-electron chi connectivity index (χ1n) is 7.55. The molecule has 0 unspecified atom stereocenters. The van der Waals surface area contributed by atoms with Gasteiger partial charge in [-0.2, -0.15) is 0 Å². The molecule has 0 aliphatic heterocycles. The Labute approximate surface area is 144 Å². The number of hydrogen-bond donors (Lipinski definition) is 2. The first-order chi connectivity index (χ1) is 12.1. The number of para-hydroxylation sites is 2. The minimum absolute atomic E-state index is 0.461. The zero-order valence-corrected chi connectivity index (χ0v) is 13.5. The van der Waals surface area contributed by atoms with Crippen molar-refractivity contribution in [1.82, 2.24) is 4.98 Å². The quantitative estimate of drug-likeness (QED) is 0.323. The molecule has 0 atom stereocenters. The molecule has 2 N–H and O–H groups in total. The molecule has 3 rings (SSSR count). The Hall–Kier alpha value is -3.54. The number of carboxylic acids is 1. The zero-order valence-electron chi connectivity index (χ0n) is 13.5. The van der Waals surface area contributed by atoms with E-state index in [2.05, 4.69) is 9.72 Å². The SMILES string of the molecule is COC(=O)/C(=C/N(c1ccccc1)c1c[nH]c2ccccc12)C(=O)O. The van der Waals surface area contributed by atoms with Crippen LogP contribution < -0.4 is 4.90 Å². The predicted molar refractivity (Wildman–Crippen MR) is 94.6 cm³/mol. The van der Waals surface area contributed by atoms with Gasteiger partial charge in [-0.25, -0.2) is 9.59 Å². The number of benzene rings is 2. The van der Waals surface area contributed by atoms with Crippen LogP contribution in [0.1, 0.15) is 0 Å². The fourth-order valence-electron chi connectivity index (χ4n) is 2.56. The number of methoxy groups -OCH3 is 1. The fraction of sp³-hybridized carbons (Fsp3) is 0.0526. The number of nitrogens with one attached hydrogen (secondary N) is 1. The summed E-state index contributed by atoms with van der Waals surface area (Å²) in [6, 6.07) is 16.8. The zero-order chi connectivity index (χ0) is 17.8. The van der Waals surface area contributed by atoms with Crippen molar-refractivity contribution < 1.29 is 19.4 Å². The lowest BCUT2D eigenvalue weighted by Gasteiger charge is -2.20. The third kappa shape index (κ3) is 3.23. The summed E-state index contributed by atoms with van der Waals surface area (Å²) in [6.45, 7) is 0. The number of rotatable bonds is 5. The highest BCUT2D eigenvalue weighted by atomic mass is 16.5. The molecule has 25 heavy (non-hydrogen) atoms. The van der Waals surface area contributed by atoms with Crippen LogP contribution in [0.25, 0.3) is 10.9 Å². The van der Waals surface area contributed by atoms with Crippen LogP contribution in [0.3, 0.4) is 0 Å². The number of esters is 1. The maximum absolute atomic E-state index is 11.8. The van der Waals surface area contributed by atoms with Crippen LogP contribution in [0.4, 0.5) is 11.4 Å². The number of aromatic amines is 1. The van der Waals surface area contributed by atoms with Gasteiger partial charge in [-0.15, -0.1) is 0 Å². The Bertz CT molecular complexity index is 944. The van der Waals surface area contributed by atoms with Crippen LogP contribution in [0.15, 0.2) is 72.6 Å². The van der Waals surface area contributed by atoms with E-state index in [1.165, 1.54) is 6.20 Å². The number of aromatic nitrogens is 1. The van der Waals surface area contributed by atoms with Crippen molar-refractivity contribution in [2.45, 2.75) is 0 Å². The van der Waals surface area contributed by atoms with Gasteiger partial charge >= 0.3 is 11.9 Å². The number of H-pyrrole nitrogens is 1. The number of carboxylic acid groups (broad SMARTS) is 1. The average molecular weight is 336 g/mol. The molecule has 3 aromatic rings. The van der Waals surface area contributed by atoms with Crippen LogP contribution in [0.2, 0.25) is 0 Å². The monoisotopic (exact) mass is 336 g/mol. The van der Waals surface area contributed by atoms with E-state index in [1.54, 1.807) is 11.1 Å². The molecule has 1 aromatic heterocycles. The van der Waals surface area contributed by atoms with Crippen molar-refractivity contribution >= 4 is 34.2 Å². The van der Waals surface area contributed by atoms with Crippen LogP contribution in [-0.4, -0.2) is 29.1 Å². The molecule has 6 nitrogen and oxygen atoms in total. The molecule has 1 heterocycles. The maximum Gasteiger partial charge on any atom is 0.346 e. The normalized spacial score (nSPS) is 11.3. The Morgan fingerprint density at radius 1 is 1.08 bits per heavy atom. The van der Waals surface area contributed by atoms with E-state index in [0.717, 1.165) is 29.4 Å². The Morgan fingerprint density at radius 2 is 1.76 bits per heavy atom. The number of fused-ring (bicyclic) bond motifs is 1. The summed E-state index contributed by atoms with van der Waals surface area (Å²) in [5.74, 6) is -2.26. The summed E-state index contributed by atoms with van der Waals surface area (Å²) in [6.07, 6.45) is 3.05. The number of aliphatic carboxylic acids is 1. The Morgan fingerprint density at radius 3 is 2.44 bits per heavy atom. The second-order valence-corrected chi connectivity index (χ2v) is 5.26. The summed E-state index contributed by atoms with van der Waals surface area (Å²) < 4.78 is 4.59. The van der Waals surface area contributed by atoms with Gasteiger partial charge in [0.05, 0.1) is 12.8 Å². The lowest BCUT2D eigenvalue weighted by Crippen LogP contribution is -2.19. The van der Waals surface area contributed by atoms with E-state index in [4.69, 9.17) is 0 Å². The molecule has 0 saturated carbocycles. The maximum atomic E-state index is 11.8. The number of nitrogens with zero attached hydrogens (tertiary/aromatic N) is 1. The summed E-state index contributed by atoms with van der Waals surface area (Å²) in [5, 5.41) is 10.3. The van der Waals surface area contributed by atoms with E-state index in [9.17, 15) is 14.7 Å². The van der Waals surface area contributed by atoms with Crippen LogP contribution in [0.5, 0.6) is 0 Å². The van der Waals surface area contributed by atoms with Gasteiger partial charge < -0.3 is 19.7 Å². The summed E-state index contributed by atoms with van der Waals surface area (Å²) in [5.41, 5.74) is 1.89. The van der Waals surface area contributed by atoms with Crippen molar-refractivity contribution in [3.8, 4) is 0 Å². The van der Waals surface area contributed by atoms with Crippen molar-refractivity contribution in [3.05, 3.63) is 72.6 Å². The fourth-order valence-corrected chi connectivity index (χ4v) is 2.56. The van der Waals surface area contributed by atoms with Crippen molar-refractivity contribution in [2.75, 3.05) is 12.0 Å². The Kier molecular flexibility index (Phi) is 4.52. The molecule has 0 aliphatic carbocycles. The molecule has 6 heteroatoms. The lowest BCUT2D eigenvalue weighted by atomic mass is 10.2. The van der Waals surface area contributed by atoms with E-state index < -0.39 is 17.5 Å². The van der Waals surface area contributed by atoms with E-state index in [-0.39, 0.29) is 0 Å². The largest absolute Gasteiger partial charge is 0.477 e. The number of hydrogen-bond acceptors (Lipinski definition) is 4.